The lowest BCUT2D eigenvalue weighted by atomic mass is 9.99. The number of hydrogen-bond acceptors (Lipinski definition) is 1. The molecule has 1 heterocycles. The number of anilines is 3. The van der Waals surface area contributed by atoms with Crippen molar-refractivity contribution >= 4 is 38.9 Å². The van der Waals surface area contributed by atoms with Gasteiger partial charge in [0.1, 0.15) is 0 Å². The number of rotatable bonds is 7. The smallest absolute Gasteiger partial charge is 0.0547 e. The van der Waals surface area contributed by atoms with E-state index in [1.54, 1.807) is 0 Å². The summed E-state index contributed by atoms with van der Waals surface area (Å²) in [5.74, 6) is 0. The summed E-state index contributed by atoms with van der Waals surface area (Å²) >= 11 is 0. The Morgan fingerprint density at radius 3 is 1.46 bits per heavy atom. The molecule has 8 aromatic carbocycles. The molecule has 0 aliphatic rings. The van der Waals surface area contributed by atoms with E-state index in [2.05, 4.69) is 216 Å². The SMILES string of the molecule is c1ccc(-c2ccc(N(c3ccccc3)c3ccc(-c4ccccc4-n4c5ccccc5c5c(-c6ccccc6)cccc54)cc3)cc2)cc1. The third-order valence-corrected chi connectivity index (χ3v) is 9.61. The molecular formula is C48H34N2. The van der Waals surface area contributed by atoms with Gasteiger partial charge in [0.25, 0.3) is 0 Å². The standard InChI is InChI=1S/C48H34N2/c1-4-15-35(16-5-1)36-27-31-40(32-28-36)49(39-19-8-3-9-20-39)41-33-29-38(30-34-41)42-21-10-12-24-45(42)50-46-25-13-11-22-44(46)48-43(23-14-26-47(48)50)37-17-6-2-7-18-37/h1-34H. The van der Waals surface area contributed by atoms with E-state index >= 15 is 0 Å². The Hall–Kier alpha value is -6.64. The van der Waals surface area contributed by atoms with E-state index in [-0.39, 0.29) is 0 Å². The van der Waals surface area contributed by atoms with E-state index in [9.17, 15) is 0 Å². The molecule has 0 saturated carbocycles. The molecule has 0 spiro atoms. The molecule has 2 heteroatoms. The summed E-state index contributed by atoms with van der Waals surface area (Å²) in [7, 11) is 0. The topological polar surface area (TPSA) is 8.17 Å². The minimum Gasteiger partial charge on any atom is -0.311 e. The highest BCUT2D eigenvalue weighted by molar-refractivity contribution is 6.16. The predicted octanol–water partition coefficient (Wildman–Crippen LogP) is 13.3. The van der Waals surface area contributed by atoms with Gasteiger partial charge in [0.2, 0.25) is 0 Å². The average Bonchev–Trinajstić information content (AvgIpc) is 3.54. The molecular weight excluding hydrogens is 605 g/mol. The van der Waals surface area contributed by atoms with Crippen molar-refractivity contribution < 1.29 is 0 Å². The minimum absolute atomic E-state index is 1.11. The Morgan fingerprint density at radius 1 is 0.300 bits per heavy atom. The number of hydrogen-bond donors (Lipinski definition) is 0. The first-order chi connectivity index (χ1) is 24.8. The van der Waals surface area contributed by atoms with Crippen LogP contribution >= 0.6 is 0 Å². The molecule has 0 atom stereocenters. The van der Waals surface area contributed by atoms with E-state index in [0.29, 0.717) is 0 Å². The Morgan fingerprint density at radius 2 is 0.760 bits per heavy atom. The van der Waals surface area contributed by atoms with Crippen molar-refractivity contribution in [2.45, 2.75) is 0 Å². The van der Waals surface area contributed by atoms with Gasteiger partial charge >= 0.3 is 0 Å². The van der Waals surface area contributed by atoms with Crippen LogP contribution in [0.25, 0.3) is 60.9 Å². The third kappa shape index (κ3) is 5.24. The van der Waals surface area contributed by atoms with Gasteiger partial charge in [-0.25, -0.2) is 0 Å². The number of fused-ring (bicyclic) bond motifs is 3. The largest absolute Gasteiger partial charge is 0.311 e. The molecule has 0 saturated heterocycles. The van der Waals surface area contributed by atoms with Crippen LogP contribution in [0.15, 0.2) is 206 Å². The maximum Gasteiger partial charge on any atom is 0.0547 e. The fourth-order valence-corrected chi connectivity index (χ4v) is 7.30. The molecule has 0 N–H and O–H groups in total. The lowest BCUT2D eigenvalue weighted by Crippen LogP contribution is -2.09. The molecule has 2 nitrogen and oxygen atoms in total. The maximum atomic E-state index is 2.44. The van der Waals surface area contributed by atoms with E-state index < -0.39 is 0 Å². The van der Waals surface area contributed by atoms with Gasteiger partial charge in [0.15, 0.2) is 0 Å². The molecule has 0 bridgehead atoms. The molecule has 9 rings (SSSR count). The van der Waals surface area contributed by atoms with Crippen molar-refractivity contribution in [1.29, 1.82) is 0 Å². The summed E-state index contributed by atoms with van der Waals surface area (Å²) in [6.07, 6.45) is 0. The number of nitrogens with zero attached hydrogens (tertiary/aromatic N) is 2. The van der Waals surface area contributed by atoms with Crippen LogP contribution in [0.1, 0.15) is 0 Å². The zero-order valence-corrected chi connectivity index (χ0v) is 27.5. The summed E-state index contributed by atoms with van der Waals surface area (Å²) in [5, 5.41) is 2.53. The first kappa shape index (κ1) is 29.5. The summed E-state index contributed by atoms with van der Waals surface area (Å²) in [4.78, 5) is 2.32. The van der Waals surface area contributed by atoms with Crippen LogP contribution in [0.3, 0.4) is 0 Å². The monoisotopic (exact) mass is 638 g/mol. The molecule has 0 aliphatic carbocycles. The predicted molar refractivity (Wildman–Crippen MR) is 212 cm³/mol. The average molecular weight is 639 g/mol. The van der Waals surface area contributed by atoms with Crippen molar-refractivity contribution in [3.8, 4) is 39.1 Å². The van der Waals surface area contributed by atoms with Gasteiger partial charge in [-0.05, 0) is 82.4 Å². The number of para-hydroxylation sites is 3. The molecule has 9 aromatic rings. The van der Waals surface area contributed by atoms with Gasteiger partial charge in [-0.1, -0.05) is 152 Å². The Bertz CT molecular complexity index is 2550. The van der Waals surface area contributed by atoms with Crippen LogP contribution in [0.4, 0.5) is 17.1 Å². The highest BCUT2D eigenvalue weighted by Gasteiger charge is 2.19. The molecule has 0 unspecified atom stereocenters. The molecule has 1 aromatic heterocycles. The quantitative estimate of drug-likeness (QED) is 0.169. The van der Waals surface area contributed by atoms with E-state index in [1.807, 2.05) is 0 Å². The summed E-state index contributed by atoms with van der Waals surface area (Å²) < 4.78 is 2.44. The van der Waals surface area contributed by atoms with Crippen LogP contribution in [-0.4, -0.2) is 4.57 Å². The molecule has 0 amide bonds. The highest BCUT2D eigenvalue weighted by atomic mass is 15.1. The summed E-state index contributed by atoms with van der Waals surface area (Å²) in [5.41, 5.74) is 14.1. The molecule has 0 radical (unpaired) electrons. The van der Waals surface area contributed by atoms with Gasteiger partial charge < -0.3 is 9.47 Å². The van der Waals surface area contributed by atoms with Crippen molar-refractivity contribution in [2.24, 2.45) is 0 Å². The van der Waals surface area contributed by atoms with Gasteiger partial charge in [-0.2, -0.15) is 0 Å². The lowest BCUT2D eigenvalue weighted by molar-refractivity contribution is 1.18. The lowest BCUT2D eigenvalue weighted by Gasteiger charge is -2.26. The van der Waals surface area contributed by atoms with Gasteiger partial charge in [-0.15, -0.1) is 0 Å². The van der Waals surface area contributed by atoms with E-state index in [1.165, 1.54) is 55.2 Å². The zero-order chi connectivity index (χ0) is 33.3. The fraction of sp³-hybridized carbons (Fsp3) is 0. The molecule has 236 valence electrons. The van der Waals surface area contributed by atoms with E-state index in [0.717, 1.165) is 22.7 Å². The molecule has 0 fully saturated rings. The van der Waals surface area contributed by atoms with Crippen molar-refractivity contribution in [2.75, 3.05) is 4.90 Å². The third-order valence-electron chi connectivity index (χ3n) is 9.61. The van der Waals surface area contributed by atoms with Crippen LogP contribution in [-0.2, 0) is 0 Å². The fourth-order valence-electron chi connectivity index (χ4n) is 7.30. The second-order valence-electron chi connectivity index (χ2n) is 12.6. The van der Waals surface area contributed by atoms with E-state index in [4.69, 9.17) is 0 Å². The second-order valence-corrected chi connectivity index (χ2v) is 12.6. The Labute approximate surface area is 292 Å². The van der Waals surface area contributed by atoms with Gasteiger partial charge in [0.05, 0.1) is 16.7 Å². The first-order valence-electron chi connectivity index (χ1n) is 17.1. The second kappa shape index (κ2) is 12.8. The summed E-state index contributed by atoms with van der Waals surface area (Å²) in [6, 6.07) is 73.9. The number of benzene rings is 8. The van der Waals surface area contributed by atoms with Gasteiger partial charge in [-0.3, -0.25) is 0 Å². The molecule has 50 heavy (non-hydrogen) atoms. The normalized spacial score (nSPS) is 11.2. The van der Waals surface area contributed by atoms with Crippen LogP contribution in [0, 0.1) is 0 Å². The number of aromatic nitrogens is 1. The minimum atomic E-state index is 1.11. The zero-order valence-electron chi connectivity index (χ0n) is 27.5. The van der Waals surface area contributed by atoms with Crippen molar-refractivity contribution in [3.05, 3.63) is 206 Å². The molecule has 0 aliphatic heterocycles. The van der Waals surface area contributed by atoms with Crippen molar-refractivity contribution in [1.82, 2.24) is 4.57 Å². The van der Waals surface area contributed by atoms with Crippen LogP contribution in [0.2, 0.25) is 0 Å². The van der Waals surface area contributed by atoms with Gasteiger partial charge in [0, 0.05) is 33.4 Å². The van der Waals surface area contributed by atoms with Crippen LogP contribution < -0.4 is 4.90 Å². The first-order valence-corrected chi connectivity index (χ1v) is 17.1. The summed E-state index contributed by atoms with van der Waals surface area (Å²) in [6.45, 7) is 0. The maximum absolute atomic E-state index is 2.44. The Kier molecular flexibility index (Phi) is 7.53. The van der Waals surface area contributed by atoms with Crippen LogP contribution in [0.5, 0.6) is 0 Å². The Balaban J connectivity index is 1.15. The van der Waals surface area contributed by atoms with Crippen molar-refractivity contribution in [3.63, 3.8) is 0 Å². The highest BCUT2D eigenvalue weighted by Crippen LogP contribution is 2.41.